The topological polar surface area (TPSA) is 84.9 Å². The SMILES string of the molecule is O=C(NC1COc2ccccc21)[C@@H]1CC[C@H](C(=O)O)O1. The molecule has 3 atom stereocenters. The van der Waals surface area contributed by atoms with E-state index in [9.17, 15) is 9.59 Å². The number of hydrogen-bond donors (Lipinski definition) is 2. The Balaban J connectivity index is 1.62. The van der Waals surface area contributed by atoms with Crippen LogP contribution in [-0.2, 0) is 14.3 Å². The smallest absolute Gasteiger partial charge is 0.332 e. The Hall–Kier alpha value is -2.08. The molecule has 0 bridgehead atoms. The molecule has 1 unspecified atom stereocenters. The standard InChI is InChI=1S/C14H15NO5/c16-13(11-5-6-12(20-11)14(17)18)15-9-7-19-10-4-2-1-3-8(9)10/h1-4,9,11-12H,5-7H2,(H,15,16)(H,17,18)/t9?,11-,12+/m0/s1. The Morgan fingerprint density at radius 3 is 2.70 bits per heavy atom. The van der Waals surface area contributed by atoms with Gasteiger partial charge in [0, 0.05) is 5.56 Å². The molecule has 0 spiro atoms. The van der Waals surface area contributed by atoms with E-state index in [1.165, 1.54) is 0 Å². The first-order valence-corrected chi connectivity index (χ1v) is 6.55. The van der Waals surface area contributed by atoms with Gasteiger partial charge in [0.25, 0.3) is 0 Å². The zero-order valence-electron chi connectivity index (χ0n) is 10.7. The predicted octanol–water partition coefficient (Wildman–Crippen LogP) is 0.868. The number of para-hydroxylation sites is 1. The lowest BCUT2D eigenvalue weighted by molar-refractivity contribution is -0.151. The molecule has 2 aliphatic heterocycles. The highest BCUT2D eigenvalue weighted by molar-refractivity contribution is 5.83. The highest BCUT2D eigenvalue weighted by Crippen LogP contribution is 2.32. The van der Waals surface area contributed by atoms with E-state index in [1.54, 1.807) is 0 Å². The Morgan fingerprint density at radius 2 is 1.95 bits per heavy atom. The zero-order valence-corrected chi connectivity index (χ0v) is 10.7. The van der Waals surface area contributed by atoms with Gasteiger partial charge in [-0.3, -0.25) is 4.79 Å². The van der Waals surface area contributed by atoms with Crippen LogP contribution in [0.15, 0.2) is 24.3 Å². The van der Waals surface area contributed by atoms with Crippen LogP contribution in [0.3, 0.4) is 0 Å². The molecule has 3 rings (SSSR count). The Kier molecular flexibility index (Phi) is 3.31. The summed E-state index contributed by atoms with van der Waals surface area (Å²) in [5.41, 5.74) is 0.939. The fourth-order valence-corrected chi connectivity index (χ4v) is 2.56. The summed E-state index contributed by atoms with van der Waals surface area (Å²) >= 11 is 0. The van der Waals surface area contributed by atoms with Crippen molar-refractivity contribution < 1.29 is 24.2 Å². The van der Waals surface area contributed by atoms with Crippen molar-refractivity contribution in [3.8, 4) is 5.75 Å². The fourth-order valence-electron chi connectivity index (χ4n) is 2.56. The summed E-state index contributed by atoms with van der Waals surface area (Å²) in [7, 11) is 0. The first kappa shape index (κ1) is 12.9. The van der Waals surface area contributed by atoms with Gasteiger partial charge < -0.3 is 19.9 Å². The highest BCUT2D eigenvalue weighted by atomic mass is 16.5. The lowest BCUT2D eigenvalue weighted by atomic mass is 10.1. The minimum atomic E-state index is -1.02. The summed E-state index contributed by atoms with van der Waals surface area (Å²) in [6.45, 7) is 0.389. The van der Waals surface area contributed by atoms with Crippen LogP contribution in [0.4, 0.5) is 0 Å². The molecule has 1 saturated heterocycles. The molecule has 2 aliphatic rings. The minimum Gasteiger partial charge on any atom is -0.491 e. The van der Waals surface area contributed by atoms with Crippen LogP contribution in [0, 0.1) is 0 Å². The van der Waals surface area contributed by atoms with Crippen LogP contribution in [0.1, 0.15) is 24.4 Å². The molecular formula is C14H15NO5. The Morgan fingerprint density at radius 1 is 1.20 bits per heavy atom. The van der Waals surface area contributed by atoms with Gasteiger partial charge >= 0.3 is 5.97 Å². The molecule has 0 aliphatic carbocycles. The summed E-state index contributed by atoms with van der Waals surface area (Å²) in [6, 6.07) is 7.32. The summed E-state index contributed by atoms with van der Waals surface area (Å²) in [5, 5.41) is 11.7. The van der Waals surface area contributed by atoms with Crippen LogP contribution in [0.5, 0.6) is 5.75 Å². The molecule has 1 amide bonds. The third kappa shape index (κ3) is 2.34. The van der Waals surface area contributed by atoms with Crippen LogP contribution in [0.2, 0.25) is 0 Å². The molecule has 20 heavy (non-hydrogen) atoms. The number of nitrogens with one attached hydrogen (secondary N) is 1. The van der Waals surface area contributed by atoms with Crippen molar-refractivity contribution in [2.75, 3.05) is 6.61 Å². The summed E-state index contributed by atoms with van der Waals surface area (Å²) < 4.78 is 10.7. The Labute approximate surface area is 115 Å². The van der Waals surface area contributed by atoms with Gasteiger partial charge in [0.1, 0.15) is 18.5 Å². The van der Waals surface area contributed by atoms with Crippen molar-refractivity contribution >= 4 is 11.9 Å². The van der Waals surface area contributed by atoms with Crippen molar-refractivity contribution in [1.29, 1.82) is 0 Å². The highest BCUT2D eigenvalue weighted by Gasteiger charge is 2.36. The third-order valence-corrected chi connectivity index (χ3v) is 3.60. The van der Waals surface area contributed by atoms with Gasteiger partial charge in [0.2, 0.25) is 5.91 Å². The van der Waals surface area contributed by atoms with Gasteiger partial charge in [0.05, 0.1) is 6.04 Å². The number of ether oxygens (including phenoxy) is 2. The first-order chi connectivity index (χ1) is 9.65. The molecule has 6 heteroatoms. The maximum absolute atomic E-state index is 12.1. The summed E-state index contributed by atoms with van der Waals surface area (Å²) in [4.78, 5) is 22.9. The molecule has 0 aromatic heterocycles. The lowest BCUT2D eigenvalue weighted by Gasteiger charge is -2.15. The second-order valence-corrected chi connectivity index (χ2v) is 4.94. The van der Waals surface area contributed by atoms with Gasteiger partial charge in [-0.1, -0.05) is 18.2 Å². The van der Waals surface area contributed by atoms with Crippen LogP contribution < -0.4 is 10.1 Å². The van der Waals surface area contributed by atoms with Crippen LogP contribution in [0.25, 0.3) is 0 Å². The van der Waals surface area contributed by atoms with Gasteiger partial charge in [-0.2, -0.15) is 0 Å². The number of hydrogen-bond acceptors (Lipinski definition) is 4. The maximum Gasteiger partial charge on any atom is 0.332 e. The van der Waals surface area contributed by atoms with Gasteiger partial charge in [-0.25, -0.2) is 4.79 Å². The van der Waals surface area contributed by atoms with Gasteiger partial charge in [-0.05, 0) is 18.9 Å². The largest absolute Gasteiger partial charge is 0.491 e. The summed E-state index contributed by atoms with van der Waals surface area (Å²) in [5.74, 6) is -0.526. The van der Waals surface area contributed by atoms with E-state index in [0.717, 1.165) is 11.3 Å². The normalized spacial score (nSPS) is 27.7. The van der Waals surface area contributed by atoms with Crippen molar-refractivity contribution in [3.63, 3.8) is 0 Å². The molecule has 1 aromatic rings. The summed E-state index contributed by atoms with van der Waals surface area (Å²) in [6.07, 6.45) is -0.773. The molecule has 0 saturated carbocycles. The minimum absolute atomic E-state index is 0.203. The Bertz CT molecular complexity index is 544. The molecule has 6 nitrogen and oxygen atoms in total. The maximum atomic E-state index is 12.1. The number of rotatable bonds is 3. The number of carbonyl (C=O) groups is 2. The van der Waals surface area contributed by atoms with E-state index in [0.29, 0.717) is 19.4 Å². The number of amides is 1. The zero-order chi connectivity index (χ0) is 14.1. The monoisotopic (exact) mass is 277 g/mol. The van der Waals surface area contributed by atoms with E-state index < -0.39 is 18.2 Å². The van der Waals surface area contributed by atoms with E-state index in [1.807, 2.05) is 24.3 Å². The molecular weight excluding hydrogens is 262 g/mol. The van der Waals surface area contributed by atoms with Gasteiger partial charge in [0.15, 0.2) is 6.10 Å². The van der Waals surface area contributed by atoms with E-state index in [-0.39, 0.29) is 11.9 Å². The molecule has 1 aromatic carbocycles. The number of carbonyl (C=O) groups excluding carboxylic acids is 1. The van der Waals surface area contributed by atoms with Crippen LogP contribution in [-0.4, -0.2) is 35.8 Å². The van der Waals surface area contributed by atoms with Gasteiger partial charge in [-0.15, -0.1) is 0 Å². The number of benzene rings is 1. The second-order valence-electron chi connectivity index (χ2n) is 4.94. The lowest BCUT2D eigenvalue weighted by Crippen LogP contribution is -2.38. The van der Waals surface area contributed by atoms with E-state index >= 15 is 0 Å². The second kappa shape index (κ2) is 5.13. The van der Waals surface area contributed by atoms with Crippen molar-refractivity contribution in [2.45, 2.75) is 31.1 Å². The van der Waals surface area contributed by atoms with Crippen molar-refractivity contribution in [1.82, 2.24) is 5.32 Å². The average Bonchev–Trinajstić information content (AvgIpc) is 3.06. The number of fused-ring (bicyclic) bond motifs is 1. The van der Waals surface area contributed by atoms with E-state index in [2.05, 4.69) is 5.32 Å². The molecule has 2 heterocycles. The number of carboxylic acid groups (broad SMARTS) is 1. The predicted molar refractivity (Wildman–Crippen MR) is 68.4 cm³/mol. The third-order valence-electron chi connectivity index (χ3n) is 3.60. The molecule has 2 N–H and O–H groups in total. The van der Waals surface area contributed by atoms with Crippen molar-refractivity contribution in [3.05, 3.63) is 29.8 Å². The fraction of sp³-hybridized carbons (Fsp3) is 0.429. The number of carboxylic acids is 1. The number of aliphatic carboxylic acids is 1. The van der Waals surface area contributed by atoms with Crippen molar-refractivity contribution in [2.24, 2.45) is 0 Å². The van der Waals surface area contributed by atoms with E-state index in [4.69, 9.17) is 14.6 Å². The molecule has 106 valence electrons. The average molecular weight is 277 g/mol. The first-order valence-electron chi connectivity index (χ1n) is 6.55. The molecule has 1 fully saturated rings. The quantitative estimate of drug-likeness (QED) is 0.856. The molecule has 0 radical (unpaired) electrons. The van der Waals surface area contributed by atoms with Crippen LogP contribution >= 0.6 is 0 Å².